The van der Waals surface area contributed by atoms with Gasteiger partial charge >= 0.3 is 0 Å². The van der Waals surface area contributed by atoms with Crippen LogP contribution in [0.1, 0.15) is 54.5 Å². The summed E-state index contributed by atoms with van der Waals surface area (Å²) >= 11 is 1.12. The number of anilines is 2. The van der Waals surface area contributed by atoms with Gasteiger partial charge in [0.15, 0.2) is 0 Å². The Labute approximate surface area is 157 Å². The summed E-state index contributed by atoms with van der Waals surface area (Å²) < 4.78 is 3.91. The number of nitrogens with zero attached hydrogens (tertiary/aromatic N) is 3. The average molecular weight is 372 g/mol. The fraction of sp³-hybridized carbons (Fsp3) is 0.474. The summed E-state index contributed by atoms with van der Waals surface area (Å²) in [4.78, 5) is 27.5. The molecule has 7 heteroatoms. The SMILES string of the molecule is CCCc1nnsc1C(=O)Nc1ccc2c(c1)N(C(=O)C(C)C)CCC2. The quantitative estimate of drug-likeness (QED) is 0.869. The van der Waals surface area contributed by atoms with Crippen LogP contribution in [0.15, 0.2) is 18.2 Å². The maximum Gasteiger partial charge on any atom is 0.269 e. The van der Waals surface area contributed by atoms with Gasteiger partial charge in [0.05, 0.1) is 5.69 Å². The van der Waals surface area contributed by atoms with Crippen molar-refractivity contribution in [1.29, 1.82) is 0 Å². The molecule has 1 aliphatic heterocycles. The van der Waals surface area contributed by atoms with Crippen LogP contribution in [0.3, 0.4) is 0 Å². The normalized spacial score (nSPS) is 13.6. The molecule has 1 aliphatic rings. The van der Waals surface area contributed by atoms with E-state index in [2.05, 4.69) is 14.9 Å². The van der Waals surface area contributed by atoms with Gasteiger partial charge in [0, 0.05) is 23.8 Å². The number of aromatic nitrogens is 2. The lowest BCUT2D eigenvalue weighted by Crippen LogP contribution is -2.38. The molecule has 0 atom stereocenters. The van der Waals surface area contributed by atoms with E-state index in [1.54, 1.807) is 0 Å². The van der Waals surface area contributed by atoms with E-state index >= 15 is 0 Å². The van der Waals surface area contributed by atoms with Gasteiger partial charge in [0.25, 0.3) is 5.91 Å². The molecule has 0 unspecified atom stereocenters. The lowest BCUT2D eigenvalue weighted by molar-refractivity contribution is -0.121. The Bertz CT molecular complexity index is 816. The summed E-state index contributed by atoms with van der Waals surface area (Å²) in [5.41, 5.74) is 3.48. The van der Waals surface area contributed by atoms with E-state index in [1.165, 1.54) is 0 Å². The number of benzene rings is 1. The van der Waals surface area contributed by atoms with E-state index in [-0.39, 0.29) is 17.7 Å². The van der Waals surface area contributed by atoms with Gasteiger partial charge in [-0.3, -0.25) is 9.59 Å². The van der Waals surface area contributed by atoms with Crippen molar-refractivity contribution in [2.24, 2.45) is 5.92 Å². The zero-order chi connectivity index (χ0) is 18.7. The number of aryl methyl sites for hydroxylation is 2. The van der Waals surface area contributed by atoms with Crippen molar-refractivity contribution in [3.8, 4) is 0 Å². The van der Waals surface area contributed by atoms with E-state index < -0.39 is 0 Å². The number of hydrogen-bond acceptors (Lipinski definition) is 5. The van der Waals surface area contributed by atoms with Gasteiger partial charge in [-0.05, 0) is 48.5 Å². The van der Waals surface area contributed by atoms with Crippen LogP contribution < -0.4 is 10.2 Å². The minimum atomic E-state index is -0.194. The zero-order valence-corrected chi connectivity index (χ0v) is 16.2. The Morgan fingerprint density at radius 1 is 1.35 bits per heavy atom. The molecule has 1 aromatic heterocycles. The Hall–Kier alpha value is -2.28. The topological polar surface area (TPSA) is 75.2 Å². The van der Waals surface area contributed by atoms with E-state index in [9.17, 15) is 9.59 Å². The van der Waals surface area contributed by atoms with Crippen molar-refractivity contribution >= 4 is 34.7 Å². The second-order valence-corrected chi connectivity index (χ2v) is 7.60. The standard InChI is InChI=1S/C19H24N4O2S/c1-4-6-15-17(26-22-21-15)18(24)20-14-9-8-13-7-5-10-23(16(13)11-14)19(25)12(2)3/h8-9,11-12H,4-7,10H2,1-3H3,(H,20,24). The second kappa shape index (κ2) is 7.95. The molecular weight excluding hydrogens is 348 g/mol. The van der Waals surface area contributed by atoms with Gasteiger partial charge in [-0.2, -0.15) is 0 Å². The van der Waals surface area contributed by atoms with Crippen molar-refractivity contribution in [3.63, 3.8) is 0 Å². The molecule has 26 heavy (non-hydrogen) atoms. The summed E-state index contributed by atoms with van der Waals surface area (Å²) in [6, 6.07) is 5.80. The number of fused-ring (bicyclic) bond motifs is 1. The van der Waals surface area contributed by atoms with E-state index in [0.29, 0.717) is 10.6 Å². The van der Waals surface area contributed by atoms with Crippen LogP contribution in [0, 0.1) is 5.92 Å². The molecule has 6 nitrogen and oxygen atoms in total. The Morgan fingerprint density at radius 3 is 2.88 bits per heavy atom. The first-order chi connectivity index (χ1) is 12.5. The second-order valence-electron chi connectivity index (χ2n) is 6.84. The summed E-state index contributed by atoms with van der Waals surface area (Å²) in [5, 5.41) is 6.98. The van der Waals surface area contributed by atoms with Crippen molar-refractivity contribution in [2.45, 2.75) is 46.5 Å². The van der Waals surface area contributed by atoms with Crippen molar-refractivity contribution in [2.75, 3.05) is 16.8 Å². The first-order valence-corrected chi connectivity index (χ1v) is 9.85. The van der Waals surface area contributed by atoms with Crippen LogP contribution in [0.5, 0.6) is 0 Å². The lowest BCUT2D eigenvalue weighted by Gasteiger charge is -2.31. The van der Waals surface area contributed by atoms with Gasteiger partial charge in [-0.15, -0.1) is 5.10 Å². The fourth-order valence-corrected chi connectivity index (χ4v) is 3.77. The van der Waals surface area contributed by atoms with E-state index in [0.717, 1.165) is 60.7 Å². The zero-order valence-electron chi connectivity index (χ0n) is 15.4. The predicted octanol–water partition coefficient (Wildman–Crippen LogP) is 3.68. The van der Waals surface area contributed by atoms with Crippen molar-refractivity contribution < 1.29 is 9.59 Å². The highest BCUT2D eigenvalue weighted by Crippen LogP contribution is 2.31. The maximum atomic E-state index is 12.6. The summed E-state index contributed by atoms with van der Waals surface area (Å²) in [7, 11) is 0. The number of rotatable bonds is 5. The number of carbonyl (C=O) groups is 2. The van der Waals surface area contributed by atoms with Crippen molar-refractivity contribution in [1.82, 2.24) is 9.59 Å². The number of amides is 2. The molecule has 3 rings (SSSR count). The Balaban J connectivity index is 1.84. The molecule has 2 amide bonds. The molecule has 1 aromatic carbocycles. The van der Waals surface area contributed by atoms with Crippen LogP contribution in [0.2, 0.25) is 0 Å². The molecule has 2 aromatic rings. The first kappa shape index (κ1) is 18.5. The summed E-state index contributed by atoms with van der Waals surface area (Å²) in [6.07, 6.45) is 3.56. The molecule has 0 fully saturated rings. The maximum absolute atomic E-state index is 12.6. The molecule has 0 radical (unpaired) electrons. The van der Waals surface area contributed by atoms with Crippen LogP contribution in [0.25, 0.3) is 0 Å². The number of hydrogen-bond donors (Lipinski definition) is 1. The molecule has 0 bridgehead atoms. The molecule has 2 heterocycles. The monoisotopic (exact) mass is 372 g/mol. The van der Waals surface area contributed by atoms with Crippen molar-refractivity contribution in [3.05, 3.63) is 34.3 Å². The fourth-order valence-electron chi connectivity index (χ4n) is 3.16. The third kappa shape index (κ3) is 3.77. The van der Waals surface area contributed by atoms with Gasteiger partial charge < -0.3 is 10.2 Å². The minimum Gasteiger partial charge on any atom is -0.321 e. The minimum absolute atomic E-state index is 0.0564. The number of carbonyl (C=O) groups excluding carboxylic acids is 2. The third-order valence-corrected chi connectivity index (χ3v) is 5.24. The smallest absolute Gasteiger partial charge is 0.269 e. The van der Waals surface area contributed by atoms with Gasteiger partial charge in [0.1, 0.15) is 4.88 Å². The highest BCUT2D eigenvalue weighted by Gasteiger charge is 2.25. The van der Waals surface area contributed by atoms with Crippen LogP contribution in [-0.4, -0.2) is 27.9 Å². The number of nitrogens with one attached hydrogen (secondary N) is 1. The predicted molar refractivity (Wildman–Crippen MR) is 104 cm³/mol. The first-order valence-electron chi connectivity index (χ1n) is 9.08. The van der Waals surface area contributed by atoms with Crippen LogP contribution in [0.4, 0.5) is 11.4 Å². The molecule has 1 N–H and O–H groups in total. The van der Waals surface area contributed by atoms with Crippen LogP contribution in [-0.2, 0) is 17.6 Å². The van der Waals surface area contributed by atoms with Gasteiger partial charge in [0.2, 0.25) is 5.91 Å². The Kier molecular flexibility index (Phi) is 5.66. The molecule has 0 spiro atoms. The molecule has 138 valence electrons. The molecule has 0 saturated heterocycles. The molecule has 0 aliphatic carbocycles. The van der Waals surface area contributed by atoms with E-state index in [1.807, 2.05) is 43.9 Å². The highest BCUT2D eigenvalue weighted by atomic mass is 32.1. The van der Waals surface area contributed by atoms with Crippen LogP contribution >= 0.6 is 11.5 Å². The average Bonchev–Trinajstić information content (AvgIpc) is 3.09. The van der Waals surface area contributed by atoms with Gasteiger partial charge in [-0.25, -0.2) is 0 Å². The summed E-state index contributed by atoms with van der Waals surface area (Å²) in [6.45, 7) is 6.59. The van der Waals surface area contributed by atoms with Gasteiger partial charge in [-0.1, -0.05) is 37.7 Å². The largest absolute Gasteiger partial charge is 0.321 e. The molecule has 0 saturated carbocycles. The highest BCUT2D eigenvalue weighted by molar-refractivity contribution is 7.08. The van der Waals surface area contributed by atoms with E-state index in [4.69, 9.17) is 0 Å². The molecular formula is C19H24N4O2S. The summed E-state index contributed by atoms with van der Waals surface area (Å²) in [5.74, 6) is -0.133. The third-order valence-electron chi connectivity index (χ3n) is 4.47. The Morgan fingerprint density at radius 2 is 2.15 bits per heavy atom. The lowest BCUT2D eigenvalue weighted by atomic mass is 9.99.